The fourth-order valence-electron chi connectivity index (χ4n) is 2.44. The van der Waals surface area contributed by atoms with E-state index in [-0.39, 0.29) is 36.2 Å². The van der Waals surface area contributed by atoms with Gasteiger partial charge in [-0.2, -0.15) is 0 Å². The average Bonchev–Trinajstić information content (AvgIpc) is 2.56. The van der Waals surface area contributed by atoms with E-state index < -0.39 is 0 Å². The van der Waals surface area contributed by atoms with E-state index in [1.54, 1.807) is 0 Å². The van der Waals surface area contributed by atoms with Gasteiger partial charge in [0.05, 0.1) is 5.92 Å². The van der Waals surface area contributed by atoms with Crippen LogP contribution < -0.4 is 16.0 Å². The smallest absolute Gasteiger partial charge is 0.242 e. The molecule has 0 aliphatic carbocycles. The van der Waals surface area contributed by atoms with E-state index in [9.17, 15) is 9.59 Å². The van der Waals surface area contributed by atoms with Crippen LogP contribution in [-0.4, -0.2) is 37.5 Å². The highest BCUT2D eigenvalue weighted by Gasteiger charge is 2.27. The summed E-state index contributed by atoms with van der Waals surface area (Å²) in [6.45, 7) is 2.46. The first-order valence-electron chi connectivity index (χ1n) is 6.56. The molecule has 0 aromatic rings. The summed E-state index contributed by atoms with van der Waals surface area (Å²) < 4.78 is 0. The second-order valence-electron chi connectivity index (χ2n) is 4.89. The minimum atomic E-state index is -0.327. The van der Waals surface area contributed by atoms with Crippen LogP contribution in [0.3, 0.4) is 0 Å². The van der Waals surface area contributed by atoms with Gasteiger partial charge in [-0.15, -0.1) is 12.4 Å². The van der Waals surface area contributed by atoms with Crippen molar-refractivity contribution in [2.75, 3.05) is 19.6 Å². The highest BCUT2D eigenvalue weighted by molar-refractivity contribution is 5.88. The van der Waals surface area contributed by atoms with Gasteiger partial charge in [-0.25, -0.2) is 0 Å². The molecule has 0 aromatic carbocycles. The lowest BCUT2D eigenvalue weighted by molar-refractivity contribution is -0.131. The van der Waals surface area contributed by atoms with Crippen LogP contribution >= 0.6 is 12.4 Å². The molecule has 2 aliphatic rings. The second-order valence-corrected chi connectivity index (χ2v) is 4.89. The van der Waals surface area contributed by atoms with Crippen molar-refractivity contribution in [3.05, 3.63) is 0 Å². The summed E-state index contributed by atoms with van der Waals surface area (Å²) in [4.78, 5) is 23.7. The molecule has 0 spiro atoms. The Hall–Kier alpha value is -0.810. The van der Waals surface area contributed by atoms with Gasteiger partial charge in [0.1, 0.15) is 6.04 Å². The standard InChI is InChI=1S/C12H21N3O2.ClH/c16-11(9-4-3-6-13-8-9)15-10-5-1-2-7-14-12(10)17;/h9-10,13H,1-8H2,(H,14,17)(H,15,16);1H. The summed E-state index contributed by atoms with van der Waals surface area (Å²) in [6, 6.07) is -0.327. The zero-order chi connectivity index (χ0) is 12.1. The SMILES string of the molecule is Cl.O=C(NC1CCCCNC1=O)C1CCCNC1. The van der Waals surface area contributed by atoms with Crippen LogP contribution in [0.1, 0.15) is 32.1 Å². The number of piperidine rings is 1. The highest BCUT2D eigenvalue weighted by Crippen LogP contribution is 2.12. The fraction of sp³-hybridized carbons (Fsp3) is 0.833. The number of nitrogens with one attached hydrogen (secondary N) is 3. The van der Waals surface area contributed by atoms with Crippen molar-refractivity contribution in [2.45, 2.75) is 38.1 Å². The summed E-state index contributed by atoms with van der Waals surface area (Å²) in [5.41, 5.74) is 0. The third-order valence-electron chi connectivity index (χ3n) is 3.52. The Bertz CT molecular complexity index is 293. The van der Waals surface area contributed by atoms with Gasteiger partial charge in [0, 0.05) is 13.1 Å². The normalized spacial score (nSPS) is 28.6. The zero-order valence-corrected chi connectivity index (χ0v) is 11.4. The summed E-state index contributed by atoms with van der Waals surface area (Å²) in [5.74, 6) is 0.0265. The van der Waals surface area contributed by atoms with Crippen molar-refractivity contribution >= 4 is 24.2 Å². The lowest BCUT2D eigenvalue weighted by atomic mass is 9.98. The molecule has 0 aromatic heterocycles. The van der Waals surface area contributed by atoms with E-state index in [1.165, 1.54) is 0 Å². The van der Waals surface area contributed by atoms with Crippen LogP contribution in [0.5, 0.6) is 0 Å². The van der Waals surface area contributed by atoms with Gasteiger partial charge in [0.15, 0.2) is 0 Å². The first kappa shape index (κ1) is 15.2. The van der Waals surface area contributed by atoms with E-state index in [2.05, 4.69) is 16.0 Å². The Balaban J connectivity index is 0.00000162. The van der Waals surface area contributed by atoms with E-state index >= 15 is 0 Å². The van der Waals surface area contributed by atoms with Crippen LogP contribution in [0.15, 0.2) is 0 Å². The van der Waals surface area contributed by atoms with Gasteiger partial charge in [0.2, 0.25) is 11.8 Å². The second kappa shape index (κ2) is 7.59. The quantitative estimate of drug-likeness (QED) is 0.674. The molecule has 2 saturated heterocycles. The van der Waals surface area contributed by atoms with Crippen molar-refractivity contribution in [3.8, 4) is 0 Å². The van der Waals surface area contributed by atoms with E-state index in [4.69, 9.17) is 0 Å². The summed E-state index contributed by atoms with van der Waals surface area (Å²) in [7, 11) is 0. The fourth-order valence-corrected chi connectivity index (χ4v) is 2.44. The molecule has 2 atom stereocenters. The molecule has 3 N–H and O–H groups in total. The number of amides is 2. The van der Waals surface area contributed by atoms with E-state index in [0.29, 0.717) is 0 Å². The molecule has 18 heavy (non-hydrogen) atoms. The Morgan fingerprint density at radius 2 is 2.00 bits per heavy atom. The maximum absolute atomic E-state index is 12.0. The first-order valence-corrected chi connectivity index (χ1v) is 6.56. The van der Waals surface area contributed by atoms with Gasteiger partial charge >= 0.3 is 0 Å². The van der Waals surface area contributed by atoms with Gasteiger partial charge < -0.3 is 16.0 Å². The molecule has 6 heteroatoms. The van der Waals surface area contributed by atoms with Crippen LogP contribution in [0.4, 0.5) is 0 Å². The van der Waals surface area contributed by atoms with Crippen molar-refractivity contribution < 1.29 is 9.59 Å². The molecular formula is C12H22ClN3O2. The Morgan fingerprint density at radius 3 is 2.72 bits per heavy atom. The van der Waals surface area contributed by atoms with Gasteiger partial charge in [-0.3, -0.25) is 9.59 Å². The Morgan fingerprint density at radius 1 is 1.17 bits per heavy atom. The molecule has 104 valence electrons. The van der Waals surface area contributed by atoms with Crippen LogP contribution in [0.25, 0.3) is 0 Å². The van der Waals surface area contributed by atoms with E-state index in [1.807, 2.05) is 0 Å². The zero-order valence-electron chi connectivity index (χ0n) is 10.5. The van der Waals surface area contributed by atoms with Gasteiger partial charge in [0.25, 0.3) is 0 Å². The lowest BCUT2D eigenvalue weighted by Gasteiger charge is -2.24. The lowest BCUT2D eigenvalue weighted by Crippen LogP contribution is -2.49. The molecule has 0 saturated carbocycles. The minimum absolute atomic E-state index is 0. The number of halogens is 1. The van der Waals surface area contributed by atoms with Crippen molar-refractivity contribution in [1.29, 1.82) is 0 Å². The third-order valence-corrected chi connectivity index (χ3v) is 3.52. The van der Waals surface area contributed by atoms with Crippen molar-refractivity contribution in [2.24, 2.45) is 5.92 Å². The van der Waals surface area contributed by atoms with Gasteiger partial charge in [-0.05, 0) is 38.6 Å². The molecular weight excluding hydrogens is 254 g/mol. The van der Waals surface area contributed by atoms with Gasteiger partial charge in [-0.1, -0.05) is 0 Å². The molecule has 2 aliphatic heterocycles. The monoisotopic (exact) mass is 275 g/mol. The number of rotatable bonds is 2. The maximum Gasteiger partial charge on any atom is 0.242 e. The minimum Gasteiger partial charge on any atom is -0.354 e. The average molecular weight is 276 g/mol. The first-order chi connectivity index (χ1) is 8.27. The third kappa shape index (κ3) is 4.14. The van der Waals surface area contributed by atoms with Crippen LogP contribution in [0, 0.1) is 5.92 Å². The molecule has 2 unspecified atom stereocenters. The number of carbonyl (C=O) groups is 2. The molecule has 2 heterocycles. The molecule has 2 rings (SSSR count). The maximum atomic E-state index is 12.0. The highest BCUT2D eigenvalue weighted by atomic mass is 35.5. The van der Waals surface area contributed by atoms with Crippen LogP contribution in [-0.2, 0) is 9.59 Å². The van der Waals surface area contributed by atoms with Crippen LogP contribution in [0.2, 0.25) is 0 Å². The number of hydrogen-bond acceptors (Lipinski definition) is 3. The predicted molar refractivity (Wildman–Crippen MR) is 71.6 cm³/mol. The van der Waals surface area contributed by atoms with E-state index in [0.717, 1.165) is 51.7 Å². The van der Waals surface area contributed by atoms with Crippen molar-refractivity contribution in [1.82, 2.24) is 16.0 Å². The largest absolute Gasteiger partial charge is 0.354 e. The Labute approximate surface area is 114 Å². The molecule has 2 amide bonds. The predicted octanol–water partition coefficient (Wildman–Crippen LogP) is 0.193. The number of hydrogen-bond donors (Lipinski definition) is 3. The molecule has 5 nitrogen and oxygen atoms in total. The molecule has 0 radical (unpaired) electrons. The van der Waals surface area contributed by atoms with Crippen molar-refractivity contribution in [3.63, 3.8) is 0 Å². The molecule has 2 fully saturated rings. The number of carbonyl (C=O) groups excluding carboxylic acids is 2. The summed E-state index contributed by atoms with van der Waals surface area (Å²) in [6.07, 6.45) is 4.72. The summed E-state index contributed by atoms with van der Waals surface area (Å²) in [5, 5.41) is 8.94. The summed E-state index contributed by atoms with van der Waals surface area (Å²) >= 11 is 0. The molecule has 0 bridgehead atoms. The topological polar surface area (TPSA) is 70.2 Å². The Kier molecular flexibility index (Phi) is 6.43.